The van der Waals surface area contributed by atoms with Crippen molar-refractivity contribution in [2.45, 2.75) is 29.9 Å². The van der Waals surface area contributed by atoms with E-state index in [0.29, 0.717) is 18.0 Å². The van der Waals surface area contributed by atoms with Gasteiger partial charge in [-0.05, 0) is 30.7 Å². The molecule has 1 N–H and O–H groups in total. The highest BCUT2D eigenvalue weighted by molar-refractivity contribution is 8.00. The van der Waals surface area contributed by atoms with Gasteiger partial charge in [0.15, 0.2) is 0 Å². The second-order valence-electron chi connectivity index (χ2n) is 5.54. The number of hydrogen-bond donors (Lipinski definition) is 1. The zero-order valence-corrected chi connectivity index (χ0v) is 13.9. The second kappa shape index (κ2) is 5.95. The number of hydrogen-bond acceptors (Lipinski definition) is 4. The molecular formula is C14H22N2O2S2. The minimum absolute atomic E-state index is 0.153. The first-order valence-electron chi connectivity index (χ1n) is 6.77. The number of rotatable bonds is 3. The molecule has 20 heavy (non-hydrogen) atoms. The van der Waals surface area contributed by atoms with Gasteiger partial charge in [0.25, 0.3) is 0 Å². The van der Waals surface area contributed by atoms with Crippen LogP contribution in [0.1, 0.15) is 20.3 Å². The fraction of sp³-hybridized carbons (Fsp3) is 0.571. The van der Waals surface area contributed by atoms with Gasteiger partial charge in [0.05, 0.1) is 4.90 Å². The minimum Gasteiger partial charge on any atom is -0.388 e. The Morgan fingerprint density at radius 1 is 1.20 bits per heavy atom. The lowest BCUT2D eigenvalue weighted by Gasteiger charge is -2.22. The van der Waals surface area contributed by atoms with Crippen molar-refractivity contribution in [2.75, 3.05) is 31.2 Å². The van der Waals surface area contributed by atoms with Gasteiger partial charge in [-0.2, -0.15) is 16.1 Å². The highest BCUT2D eigenvalue weighted by atomic mass is 32.2. The predicted molar refractivity (Wildman–Crippen MR) is 85.9 cm³/mol. The normalized spacial score (nSPS) is 20.4. The molecule has 0 amide bonds. The highest BCUT2D eigenvalue weighted by Crippen LogP contribution is 2.32. The number of nitrogens with zero attached hydrogens (tertiary/aromatic N) is 1. The summed E-state index contributed by atoms with van der Waals surface area (Å²) in [4.78, 5) is 0.376. The van der Waals surface area contributed by atoms with Crippen molar-refractivity contribution in [3.8, 4) is 0 Å². The Labute approximate surface area is 126 Å². The zero-order valence-electron chi connectivity index (χ0n) is 12.2. The van der Waals surface area contributed by atoms with Crippen LogP contribution < -0.4 is 5.32 Å². The Hall–Kier alpha value is -0.720. The molecule has 1 aromatic carbocycles. The summed E-state index contributed by atoms with van der Waals surface area (Å²) in [7, 11) is -1.55. The van der Waals surface area contributed by atoms with Crippen molar-refractivity contribution in [1.82, 2.24) is 4.31 Å². The van der Waals surface area contributed by atoms with Gasteiger partial charge in [-0.15, -0.1) is 0 Å². The van der Waals surface area contributed by atoms with Crippen LogP contribution in [0.4, 0.5) is 5.69 Å². The molecular weight excluding hydrogens is 292 g/mol. The van der Waals surface area contributed by atoms with E-state index in [1.165, 1.54) is 0 Å². The number of anilines is 1. The lowest BCUT2D eigenvalue weighted by Crippen LogP contribution is -2.33. The molecule has 1 aromatic rings. The van der Waals surface area contributed by atoms with E-state index in [2.05, 4.69) is 19.2 Å². The SMILES string of the molecule is CNc1ccc(S(=O)(=O)N2CCSC(C)(C)CC2)cc1. The van der Waals surface area contributed by atoms with E-state index in [9.17, 15) is 8.42 Å². The van der Waals surface area contributed by atoms with Crippen LogP contribution in [-0.2, 0) is 10.0 Å². The molecule has 4 nitrogen and oxygen atoms in total. The van der Waals surface area contributed by atoms with Gasteiger partial charge in [-0.3, -0.25) is 0 Å². The molecule has 1 heterocycles. The van der Waals surface area contributed by atoms with E-state index in [4.69, 9.17) is 0 Å². The first kappa shape index (κ1) is 15.7. The Morgan fingerprint density at radius 3 is 2.45 bits per heavy atom. The van der Waals surface area contributed by atoms with Gasteiger partial charge < -0.3 is 5.32 Å². The standard InChI is InChI=1S/C14H22N2O2S2/c1-14(2)8-9-16(10-11-19-14)20(17,18)13-6-4-12(15-3)5-7-13/h4-7,15H,8-11H2,1-3H3. The van der Waals surface area contributed by atoms with Crippen LogP contribution >= 0.6 is 11.8 Å². The summed E-state index contributed by atoms with van der Waals surface area (Å²) in [5.74, 6) is 0.848. The van der Waals surface area contributed by atoms with Crippen LogP contribution in [-0.4, -0.2) is 43.4 Å². The third kappa shape index (κ3) is 3.48. The predicted octanol–water partition coefficient (Wildman–Crippen LogP) is 2.63. The van der Waals surface area contributed by atoms with Crippen LogP contribution in [0.5, 0.6) is 0 Å². The molecule has 0 radical (unpaired) electrons. The molecule has 0 aliphatic carbocycles. The van der Waals surface area contributed by atoms with Crippen molar-refractivity contribution in [3.63, 3.8) is 0 Å². The van der Waals surface area contributed by atoms with E-state index < -0.39 is 10.0 Å². The van der Waals surface area contributed by atoms with Gasteiger partial charge >= 0.3 is 0 Å². The lowest BCUT2D eigenvalue weighted by atomic mass is 10.1. The number of sulfonamides is 1. The molecule has 0 atom stereocenters. The van der Waals surface area contributed by atoms with Crippen LogP contribution in [0.25, 0.3) is 0 Å². The molecule has 1 fully saturated rings. The van der Waals surface area contributed by atoms with Crippen molar-refractivity contribution >= 4 is 27.5 Å². The molecule has 1 saturated heterocycles. The van der Waals surface area contributed by atoms with Gasteiger partial charge in [-0.25, -0.2) is 8.42 Å². The largest absolute Gasteiger partial charge is 0.388 e. The Balaban J connectivity index is 2.20. The van der Waals surface area contributed by atoms with Crippen LogP contribution in [0, 0.1) is 0 Å². The van der Waals surface area contributed by atoms with Gasteiger partial charge in [0.1, 0.15) is 0 Å². The van der Waals surface area contributed by atoms with E-state index >= 15 is 0 Å². The molecule has 1 aliphatic heterocycles. The van der Waals surface area contributed by atoms with Gasteiger partial charge in [0.2, 0.25) is 10.0 Å². The van der Waals surface area contributed by atoms with Crippen molar-refractivity contribution in [2.24, 2.45) is 0 Å². The average molecular weight is 314 g/mol. The summed E-state index contributed by atoms with van der Waals surface area (Å²) in [6, 6.07) is 6.93. The third-order valence-corrected chi connectivity index (χ3v) is 6.86. The van der Waals surface area contributed by atoms with Crippen LogP contribution in [0.2, 0.25) is 0 Å². The minimum atomic E-state index is -3.37. The van der Waals surface area contributed by atoms with Gasteiger partial charge in [0, 0.05) is 36.3 Å². The summed E-state index contributed by atoms with van der Waals surface area (Å²) in [6.45, 7) is 5.53. The highest BCUT2D eigenvalue weighted by Gasteiger charge is 2.30. The number of thioether (sulfide) groups is 1. The van der Waals surface area contributed by atoms with E-state index in [1.807, 2.05) is 18.8 Å². The molecule has 0 saturated carbocycles. The van der Waals surface area contributed by atoms with Crippen molar-refractivity contribution in [3.05, 3.63) is 24.3 Å². The Morgan fingerprint density at radius 2 is 1.85 bits per heavy atom. The van der Waals surface area contributed by atoms with Crippen LogP contribution in [0.3, 0.4) is 0 Å². The zero-order chi connectivity index (χ0) is 14.8. The quantitative estimate of drug-likeness (QED) is 0.932. The number of benzene rings is 1. The molecule has 1 aliphatic rings. The van der Waals surface area contributed by atoms with Gasteiger partial charge in [-0.1, -0.05) is 13.8 Å². The molecule has 2 rings (SSSR count). The van der Waals surface area contributed by atoms with Crippen molar-refractivity contribution in [1.29, 1.82) is 0 Å². The number of nitrogens with one attached hydrogen (secondary N) is 1. The monoisotopic (exact) mass is 314 g/mol. The fourth-order valence-corrected chi connectivity index (χ4v) is 4.84. The topological polar surface area (TPSA) is 49.4 Å². The smallest absolute Gasteiger partial charge is 0.243 e. The van der Waals surface area contributed by atoms with E-state index in [1.54, 1.807) is 28.6 Å². The van der Waals surface area contributed by atoms with E-state index in [-0.39, 0.29) is 4.75 Å². The maximum absolute atomic E-state index is 12.6. The lowest BCUT2D eigenvalue weighted by molar-refractivity contribution is 0.415. The summed E-state index contributed by atoms with van der Waals surface area (Å²) in [5, 5.41) is 2.99. The first-order chi connectivity index (χ1) is 9.35. The summed E-state index contributed by atoms with van der Waals surface area (Å²) in [6.07, 6.45) is 0.880. The summed E-state index contributed by atoms with van der Waals surface area (Å²) >= 11 is 1.85. The van der Waals surface area contributed by atoms with Crippen LogP contribution in [0.15, 0.2) is 29.2 Å². The first-order valence-corrected chi connectivity index (χ1v) is 9.20. The second-order valence-corrected chi connectivity index (χ2v) is 9.28. The maximum Gasteiger partial charge on any atom is 0.243 e. The molecule has 6 heteroatoms. The molecule has 0 aromatic heterocycles. The molecule has 0 bridgehead atoms. The molecule has 0 unspecified atom stereocenters. The Kier molecular flexibility index (Phi) is 4.66. The summed E-state index contributed by atoms with van der Waals surface area (Å²) < 4.78 is 27.1. The fourth-order valence-electron chi connectivity index (χ4n) is 2.18. The molecule has 0 spiro atoms. The third-order valence-electron chi connectivity index (χ3n) is 3.58. The Bertz CT molecular complexity index is 553. The van der Waals surface area contributed by atoms with E-state index in [0.717, 1.165) is 17.9 Å². The maximum atomic E-state index is 12.6. The summed E-state index contributed by atoms with van der Waals surface area (Å²) in [5.41, 5.74) is 0.913. The molecule has 112 valence electrons. The average Bonchev–Trinajstić information content (AvgIpc) is 2.60. The van der Waals surface area contributed by atoms with Crippen molar-refractivity contribution < 1.29 is 8.42 Å².